The smallest absolute Gasteiger partial charge is 0.212 e. The molecule has 0 aliphatic carbocycles. The first kappa shape index (κ1) is 14.7. The van der Waals surface area contributed by atoms with Gasteiger partial charge in [-0.15, -0.1) is 11.3 Å². The van der Waals surface area contributed by atoms with E-state index in [1.807, 2.05) is 19.2 Å². The molecule has 1 aliphatic rings. The van der Waals surface area contributed by atoms with Gasteiger partial charge >= 0.3 is 0 Å². The third-order valence-corrected chi connectivity index (χ3v) is 5.71. The van der Waals surface area contributed by atoms with Crippen LogP contribution in [0.1, 0.15) is 26.7 Å². The minimum Gasteiger partial charge on any atom is -0.348 e. The maximum atomic E-state index is 11.9. The van der Waals surface area contributed by atoms with Gasteiger partial charge in [-0.1, -0.05) is 13.8 Å². The molecule has 0 unspecified atom stereocenters. The summed E-state index contributed by atoms with van der Waals surface area (Å²) < 4.78 is 26.6. The molecule has 108 valence electrons. The minimum atomic E-state index is -3.13. The van der Waals surface area contributed by atoms with Gasteiger partial charge in [0.15, 0.2) is 5.13 Å². The zero-order valence-electron chi connectivity index (χ0n) is 11.4. The van der Waals surface area contributed by atoms with Gasteiger partial charge in [-0.25, -0.2) is 18.1 Å². The predicted molar refractivity (Wildman–Crippen MR) is 79.1 cm³/mol. The monoisotopic (exact) mass is 303 g/mol. The van der Waals surface area contributed by atoms with Crippen molar-refractivity contribution in [2.24, 2.45) is 5.92 Å². The second kappa shape index (κ2) is 6.19. The molecule has 0 bridgehead atoms. The second-order valence-electron chi connectivity index (χ2n) is 5.37. The quantitative estimate of drug-likeness (QED) is 0.899. The van der Waals surface area contributed by atoms with Crippen LogP contribution in [0.3, 0.4) is 0 Å². The summed E-state index contributed by atoms with van der Waals surface area (Å²) in [6.45, 7) is 5.57. The van der Waals surface area contributed by atoms with Crippen molar-refractivity contribution < 1.29 is 8.42 Å². The second-order valence-corrected chi connectivity index (χ2v) is 8.04. The lowest BCUT2D eigenvalue weighted by atomic mass is 10.1. The van der Waals surface area contributed by atoms with E-state index in [1.165, 1.54) is 0 Å². The Balaban J connectivity index is 1.84. The molecule has 0 saturated carbocycles. The average Bonchev–Trinajstić information content (AvgIpc) is 2.81. The number of hydrogen-bond donors (Lipinski definition) is 1. The van der Waals surface area contributed by atoms with Crippen molar-refractivity contribution in [1.29, 1.82) is 0 Å². The van der Waals surface area contributed by atoms with Gasteiger partial charge in [0.2, 0.25) is 10.0 Å². The summed E-state index contributed by atoms with van der Waals surface area (Å²) in [6, 6.07) is 0.0694. The van der Waals surface area contributed by atoms with Crippen LogP contribution in [0.25, 0.3) is 0 Å². The number of anilines is 1. The standard InChI is InChI=1S/C12H21N3O2S2/c1-10(2)9-19(16,17)14-11-3-6-15(7-4-11)12-13-5-8-18-12/h5,8,10-11,14H,3-4,6-7,9H2,1-2H3. The zero-order valence-corrected chi connectivity index (χ0v) is 13.0. The number of sulfonamides is 1. The Morgan fingerprint density at radius 2 is 2.16 bits per heavy atom. The minimum absolute atomic E-state index is 0.0694. The van der Waals surface area contributed by atoms with E-state index in [2.05, 4.69) is 14.6 Å². The van der Waals surface area contributed by atoms with Gasteiger partial charge in [0.25, 0.3) is 0 Å². The van der Waals surface area contributed by atoms with E-state index in [1.54, 1.807) is 17.5 Å². The molecule has 1 N–H and O–H groups in total. The van der Waals surface area contributed by atoms with Gasteiger partial charge < -0.3 is 4.90 Å². The molecule has 2 heterocycles. The summed E-state index contributed by atoms with van der Waals surface area (Å²) in [4.78, 5) is 6.50. The van der Waals surface area contributed by atoms with Gasteiger partial charge in [-0.2, -0.15) is 0 Å². The van der Waals surface area contributed by atoms with Crippen LogP contribution in [-0.4, -0.2) is 38.3 Å². The highest BCUT2D eigenvalue weighted by Gasteiger charge is 2.24. The number of nitrogens with zero attached hydrogens (tertiary/aromatic N) is 2. The molecular formula is C12H21N3O2S2. The predicted octanol–water partition coefficient (Wildman–Crippen LogP) is 1.69. The first-order valence-electron chi connectivity index (χ1n) is 6.61. The van der Waals surface area contributed by atoms with E-state index in [0.29, 0.717) is 0 Å². The fraction of sp³-hybridized carbons (Fsp3) is 0.750. The van der Waals surface area contributed by atoms with Gasteiger partial charge in [-0.3, -0.25) is 0 Å². The number of thiazole rings is 1. The van der Waals surface area contributed by atoms with Gasteiger partial charge in [-0.05, 0) is 18.8 Å². The molecule has 0 aromatic carbocycles. The maximum Gasteiger partial charge on any atom is 0.212 e. The lowest BCUT2D eigenvalue weighted by Gasteiger charge is -2.32. The number of rotatable bonds is 5. The summed E-state index contributed by atoms with van der Waals surface area (Å²) in [6.07, 6.45) is 3.49. The molecule has 19 heavy (non-hydrogen) atoms. The number of nitrogens with one attached hydrogen (secondary N) is 1. The molecule has 5 nitrogen and oxygen atoms in total. The van der Waals surface area contributed by atoms with Crippen molar-refractivity contribution >= 4 is 26.5 Å². The van der Waals surface area contributed by atoms with Crippen molar-refractivity contribution in [2.75, 3.05) is 23.7 Å². The van der Waals surface area contributed by atoms with Crippen molar-refractivity contribution in [1.82, 2.24) is 9.71 Å². The SMILES string of the molecule is CC(C)CS(=O)(=O)NC1CCN(c2nccs2)CC1. The van der Waals surface area contributed by atoms with Crippen LogP contribution < -0.4 is 9.62 Å². The summed E-state index contributed by atoms with van der Waals surface area (Å²) in [7, 11) is -3.13. The largest absolute Gasteiger partial charge is 0.348 e. The summed E-state index contributed by atoms with van der Waals surface area (Å²) in [5, 5.41) is 3.00. The van der Waals surface area contributed by atoms with Crippen molar-refractivity contribution in [3.05, 3.63) is 11.6 Å². The normalized spacial score (nSPS) is 18.2. The van der Waals surface area contributed by atoms with E-state index in [9.17, 15) is 8.42 Å². The van der Waals surface area contributed by atoms with Crippen LogP contribution in [0, 0.1) is 5.92 Å². The molecule has 2 rings (SSSR count). The molecular weight excluding hydrogens is 282 g/mol. The Labute approximate surface area is 119 Å². The van der Waals surface area contributed by atoms with Crippen molar-refractivity contribution in [2.45, 2.75) is 32.7 Å². The Hall–Kier alpha value is -0.660. The van der Waals surface area contributed by atoms with Crippen LogP contribution in [0.5, 0.6) is 0 Å². The van der Waals surface area contributed by atoms with Gasteiger partial charge in [0, 0.05) is 30.7 Å². The molecule has 1 fully saturated rings. The molecule has 7 heteroatoms. The van der Waals surface area contributed by atoms with Crippen LogP contribution in [-0.2, 0) is 10.0 Å². The first-order chi connectivity index (χ1) is 8.96. The molecule has 1 saturated heterocycles. The van der Waals surface area contributed by atoms with E-state index < -0.39 is 10.0 Å². The Morgan fingerprint density at radius 3 is 2.68 bits per heavy atom. The Bertz CT molecular complexity index is 477. The summed E-state index contributed by atoms with van der Waals surface area (Å²) in [5.41, 5.74) is 0. The third-order valence-electron chi connectivity index (χ3n) is 3.08. The molecule has 0 radical (unpaired) electrons. The van der Waals surface area contributed by atoms with Crippen molar-refractivity contribution in [3.63, 3.8) is 0 Å². The van der Waals surface area contributed by atoms with E-state index in [4.69, 9.17) is 0 Å². The average molecular weight is 303 g/mol. The maximum absolute atomic E-state index is 11.9. The van der Waals surface area contributed by atoms with Crippen LogP contribution in [0.2, 0.25) is 0 Å². The Kier molecular flexibility index (Phi) is 4.81. The first-order valence-corrected chi connectivity index (χ1v) is 9.14. The van der Waals surface area contributed by atoms with E-state index in [-0.39, 0.29) is 17.7 Å². The third kappa shape index (κ3) is 4.43. The van der Waals surface area contributed by atoms with Gasteiger partial charge in [0.05, 0.1) is 5.75 Å². The van der Waals surface area contributed by atoms with E-state index >= 15 is 0 Å². The topological polar surface area (TPSA) is 62.3 Å². The summed E-state index contributed by atoms with van der Waals surface area (Å²) >= 11 is 1.63. The highest BCUT2D eigenvalue weighted by molar-refractivity contribution is 7.89. The molecule has 1 aromatic rings. The molecule has 0 spiro atoms. The number of aromatic nitrogens is 1. The highest BCUT2D eigenvalue weighted by Crippen LogP contribution is 2.22. The van der Waals surface area contributed by atoms with Crippen LogP contribution >= 0.6 is 11.3 Å². The van der Waals surface area contributed by atoms with Crippen molar-refractivity contribution in [3.8, 4) is 0 Å². The molecule has 1 aromatic heterocycles. The molecule has 0 atom stereocenters. The zero-order chi connectivity index (χ0) is 13.9. The molecule has 0 amide bonds. The highest BCUT2D eigenvalue weighted by atomic mass is 32.2. The number of piperidine rings is 1. The molecule has 1 aliphatic heterocycles. The Morgan fingerprint density at radius 1 is 1.47 bits per heavy atom. The lowest BCUT2D eigenvalue weighted by molar-refractivity contribution is 0.457. The van der Waals surface area contributed by atoms with Crippen LogP contribution in [0.15, 0.2) is 11.6 Å². The van der Waals surface area contributed by atoms with Crippen LogP contribution in [0.4, 0.5) is 5.13 Å². The number of hydrogen-bond acceptors (Lipinski definition) is 5. The van der Waals surface area contributed by atoms with Gasteiger partial charge in [0.1, 0.15) is 0 Å². The fourth-order valence-electron chi connectivity index (χ4n) is 2.30. The summed E-state index contributed by atoms with van der Waals surface area (Å²) in [5.74, 6) is 0.368. The fourth-order valence-corrected chi connectivity index (χ4v) is 4.72. The lowest BCUT2D eigenvalue weighted by Crippen LogP contribution is -2.45. The van der Waals surface area contributed by atoms with E-state index in [0.717, 1.165) is 31.1 Å².